The van der Waals surface area contributed by atoms with Crippen molar-refractivity contribution < 1.29 is 22.7 Å². The van der Waals surface area contributed by atoms with E-state index in [-0.39, 0.29) is 36.7 Å². The van der Waals surface area contributed by atoms with Crippen LogP contribution in [0, 0.1) is 11.8 Å². The van der Waals surface area contributed by atoms with Crippen LogP contribution in [0.5, 0.6) is 0 Å². The standard InChI is InChI=1S/C26H21F3N2O2/c27-26(28,29)23-13-7-14-24(30)21(23)12-5-6-15-31-25(32)33-16-22-19-10-3-1-8-17(19)18-9-2-4-11-20(18)22/h1-4,7-11,13-14,22H,6,15-16,30H2,(H,31,32). The van der Waals surface area contributed by atoms with Crippen molar-refractivity contribution in [3.05, 3.63) is 89.0 Å². The number of carbonyl (C=O) groups excluding carboxylic acids is 1. The number of nitrogen functional groups attached to an aromatic ring is 1. The van der Waals surface area contributed by atoms with E-state index in [1.165, 1.54) is 12.1 Å². The molecule has 3 N–H and O–H groups in total. The lowest BCUT2D eigenvalue weighted by Gasteiger charge is -2.14. The van der Waals surface area contributed by atoms with Crippen LogP contribution in [-0.4, -0.2) is 19.2 Å². The van der Waals surface area contributed by atoms with Gasteiger partial charge in [0, 0.05) is 24.6 Å². The summed E-state index contributed by atoms with van der Waals surface area (Å²) < 4.78 is 44.8. The van der Waals surface area contributed by atoms with Gasteiger partial charge in [-0.15, -0.1) is 0 Å². The van der Waals surface area contributed by atoms with E-state index >= 15 is 0 Å². The number of alkyl halides is 3. The monoisotopic (exact) mass is 450 g/mol. The van der Waals surface area contributed by atoms with E-state index in [0.717, 1.165) is 28.3 Å². The summed E-state index contributed by atoms with van der Waals surface area (Å²) in [5.41, 5.74) is 8.97. The second-order valence-corrected chi connectivity index (χ2v) is 7.57. The third-order valence-electron chi connectivity index (χ3n) is 5.48. The van der Waals surface area contributed by atoms with Crippen molar-refractivity contribution >= 4 is 11.8 Å². The largest absolute Gasteiger partial charge is 0.449 e. The van der Waals surface area contributed by atoms with Crippen LogP contribution >= 0.6 is 0 Å². The molecule has 3 aromatic carbocycles. The molecule has 3 aromatic rings. The highest BCUT2D eigenvalue weighted by atomic mass is 19.4. The molecule has 0 radical (unpaired) electrons. The second-order valence-electron chi connectivity index (χ2n) is 7.57. The van der Waals surface area contributed by atoms with Crippen LogP contribution in [0.4, 0.5) is 23.7 Å². The van der Waals surface area contributed by atoms with Crippen LogP contribution < -0.4 is 11.1 Å². The van der Waals surface area contributed by atoms with Gasteiger partial charge in [-0.25, -0.2) is 4.79 Å². The Morgan fingerprint density at radius 2 is 1.61 bits per heavy atom. The van der Waals surface area contributed by atoms with Gasteiger partial charge >= 0.3 is 12.3 Å². The Kier molecular flexibility index (Phi) is 6.27. The minimum absolute atomic E-state index is 0.0400. The van der Waals surface area contributed by atoms with Crippen molar-refractivity contribution in [3.8, 4) is 23.0 Å². The van der Waals surface area contributed by atoms with E-state index in [9.17, 15) is 18.0 Å². The van der Waals surface area contributed by atoms with Crippen molar-refractivity contribution in [2.45, 2.75) is 18.5 Å². The normalized spacial score (nSPS) is 12.3. The zero-order valence-electron chi connectivity index (χ0n) is 17.6. The summed E-state index contributed by atoms with van der Waals surface area (Å²) in [6.45, 7) is 0.318. The van der Waals surface area contributed by atoms with Crippen molar-refractivity contribution in [2.75, 3.05) is 18.9 Å². The van der Waals surface area contributed by atoms with Crippen LogP contribution in [0.25, 0.3) is 11.1 Å². The molecule has 4 rings (SSSR count). The first-order valence-corrected chi connectivity index (χ1v) is 10.4. The highest BCUT2D eigenvalue weighted by Crippen LogP contribution is 2.44. The van der Waals surface area contributed by atoms with Gasteiger partial charge in [-0.05, 0) is 34.4 Å². The number of halogens is 3. The first kappa shape index (κ1) is 22.3. The molecule has 7 heteroatoms. The summed E-state index contributed by atoms with van der Waals surface area (Å²) in [6, 6.07) is 19.6. The second kappa shape index (κ2) is 9.29. The average molecular weight is 450 g/mol. The predicted octanol–water partition coefficient (Wildman–Crippen LogP) is 5.57. The summed E-state index contributed by atoms with van der Waals surface area (Å²) in [5, 5.41) is 2.58. The Balaban J connectivity index is 1.32. The molecule has 1 aliphatic rings. The van der Waals surface area contributed by atoms with E-state index in [0.29, 0.717) is 0 Å². The summed E-state index contributed by atoms with van der Waals surface area (Å²) in [4.78, 5) is 12.1. The quantitative estimate of drug-likeness (QED) is 0.310. The SMILES string of the molecule is Nc1cccc(C(F)(F)F)c1C#CCCNC(=O)OCC1c2ccccc2-c2ccccc21. The number of nitrogens with one attached hydrogen (secondary N) is 1. The van der Waals surface area contributed by atoms with Crippen molar-refractivity contribution in [1.82, 2.24) is 5.32 Å². The van der Waals surface area contributed by atoms with Gasteiger partial charge in [0.2, 0.25) is 0 Å². The van der Waals surface area contributed by atoms with Gasteiger partial charge in [0.05, 0.1) is 11.1 Å². The molecule has 4 nitrogen and oxygen atoms in total. The van der Waals surface area contributed by atoms with Crippen molar-refractivity contribution in [1.29, 1.82) is 0 Å². The van der Waals surface area contributed by atoms with E-state index < -0.39 is 17.8 Å². The molecular formula is C26H21F3N2O2. The number of benzene rings is 3. The average Bonchev–Trinajstić information content (AvgIpc) is 3.11. The number of hydrogen-bond acceptors (Lipinski definition) is 3. The van der Waals surface area contributed by atoms with Crippen LogP contribution in [-0.2, 0) is 10.9 Å². The fraction of sp³-hybridized carbons (Fsp3) is 0.192. The highest BCUT2D eigenvalue weighted by Gasteiger charge is 2.33. The number of hydrogen-bond donors (Lipinski definition) is 2. The van der Waals surface area contributed by atoms with Gasteiger partial charge in [-0.1, -0.05) is 66.4 Å². The molecule has 0 aromatic heterocycles. The summed E-state index contributed by atoms with van der Waals surface area (Å²) in [6.07, 6.45) is -5.00. The van der Waals surface area contributed by atoms with E-state index in [1.807, 2.05) is 36.4 Å². The van der Waals surface area contributed by atoms with Crippen LogP contribution in [0.3, 0.4) is 0 Å². The molecule has 0 aliphatic heterocycles. The van der Waals surface area contributed by atoms with E-state index in [1.54, 1.807) is 0 Å². The first-order valence-electron chi connectivity index (χ1n) is 10.4. The Morgan fingerprint density at radius 3 is 2.24 bits per heavy atom. The summed E-state index contributed by atoms with van der Waals surface area (Å²) >= 11 is 0. The number of amides is 1. The maximum absolute atomic E-state index is 13.1. The maximum atomic E-state index is 13.1. The molecule has 0 saturated carbocycles. The highest BCUT2D eigenvalue weighted by molar-refractivity contribution is 5.79. The van der Waals surface area contributed by atoms with Crippen LogP contribution in [0.1, 0.15) is 34.6 Å². The number of carbonyl (C=O) groups is 1. The fourth-order valence-electron chi connectivity index (χ4n) is 3.97. The molecular weight excluding hydrogens is 429 g/mol. The number of rotatable bonds is 4. The topological polar surface area (TPSA) is 64.3 Å². The molecule has 1 amide bonds. The molecule has 33 heavy (non-hydrogen) atoms. The number of anilines is 1. The Morgan fingerprint density at radius 1 is 0.970 bits per heavy atom. The van der Waals surface area contributed by atoms with Gasteiger partial charge in [-0.3, -0.25) is 0 Å². The Bertz CT molecular complexity index is 1200. The first-order chi connectivity index (χ1) is 15.9. The third-order valence-corrected chi connectivity index (χ3v) is 5.48. The molecule has 168 valence electrons. The van der Waals surface area contributed by atoms with Gasteiger partial charge in [0.1, 0.15) is 6.61 Å². The summed E-state index contributed by atoms with van der Waals surface area (Å²) in [5.74, 6) is 5.06. The van der Waals surface area contributed by atoms with Gasteiger partial charge in [0.25, 0.3) is 0 Å². The number of fused-ring (bicyclic) bond motifs is 3. The van der Waals surface area contributed by atoms with Gasteiger partial charge < -0.3 is 15.8 Å². The maximum Gasteiger partial charge on any atom is 0.417 e. The van der Waals surface area contributed by atoms with Gasteiger partial charge in [-0.2, -0.15) is 13.2 Å². The number of ether oxygens (including phenoxy) is 1. The molecule has 0 unspecified atom stereocenters. The Hall–Kier alpha value is -3.92. The smallest absolute Gasteiger partial charge is 0.417 e. The minimum Gasteiger partial charge on any atom is -0.449 e. The van der Waals surface area contributed by atoms with Crippen molar-refractivity contribution in [2.24, 2.45) is 0 Å². The molecule has 0 saturated heterocycles. The van der Waals surface area contributed by atoms with Crippen molar-refractivity contribution in [3.63, 3.8) is 0 Å². The van der Waals surface area contributed by atoms with Crippen LogP contribution in [0.15, 0.2) is 66.7 Å². The molecule has 0 bridgehead atoms. The predicted molar refractivity (Wildman–Crippen MR) is 120 cm³/mol. The Labute approximate surface area is 189 Å². The molecule has 0 atom stereocenters. The molecule has 0 heterocycles. The van der Waals surface area contributed by atoms with Gasteiger partial charge in [0.15, 0.2) is 0 Å². The lowest BCUT2D eigenvalue weighted by atomic mass is 9.98. The molecule has 0 spiro atoms. The minimum atomic E-state index is -4.54. The third kappa shape index (κ3) is 4.80. The zero-order valence-corrected chi connectivity index (χ0v) is 17.6. The summed E-state index contributed by atoms with van der Waals surface area (Å²) in [7, 11) is 0. The van der Waals surface area contributed by atoms with Crippen LogP contribution in [0.2, 0.25) is 0 Å². The zero-order chi connectivity index (χ0) is 23.4. The number of alkyl carbamates (subject to hydrolysis) is 1. The fourth-order valence-corrected chi connectivity index (χ4v) is 3.97. The van der Waals surface area contributed by atoms with E-state index in [2.05, 4.69) is 29.3 Å². The number of nitrogens with two attached hydrogens (primary N) is 1. The van der Waals surface area contributed by atoms with E-state index in [4.69, 9.17) is 10.5 Å². The lowest BCUT2D eigenvalue weighted by Crippen LogP contribution is -2.26. The lowest BCUT2D eigenvalue weighted by molar-refractivity contribution is -0.137. The molecule has 1 aliphatic carbocycles. The molecule has 0 fully saturated rings.